The molecule has 9 heteroatoms. The summed E-state index contributed by atoms with van der Waals surface area (Å²) in [6.07, 6.45) is 4.71. The molecular weight excluding hydrogens is 367 g/mol. The number of likely N-dealkylation sites (tertiary alicyclic amines) is 1. The molecule has 2 aliphatic rings. The Balaban J connectivity index is 0.00000156. The van der Waals surface area contributed by atoms with E-state index >= 15 is 0 Å². The van der Waals surface area contributed by atoms with Crippen molar-refractivity contribution in [3.63, 3.8) is 0 Å². The number of pyridine rings is 1. The quantitative estimate of drug-likeness (QED) is 0.787. The van der Waals surface area contributed by atoms with Gasteiger partial charge in [0.15, 0.2) is 0 Å². The number of amides is 1. The zero-order valence-electron chi connectivity index (χ0n) is 13.5. The maximum atomic E-state index is 12.5. The zero-order chi connectivity index (χ0) is 16.2. The van der Waals surface area contributed by atoms with E-state index in [-0.39, 0.29) is 42.9 Å². The van der Waals surface area contributed by atoms with E-state index in [4.69, 9.17) is 10.00 Å². The Morgan fingerprint density at radius 3 is 2.88 bits per heavy atom. The number of hydrogen-bond acceptors (Lipinski definition) is 6. The monoisotopic (exact) mass is 386 g/mol. The van der Waals surface area contributed by atoms with Crippen molar-refractivity contribution < 1.29 is 14.3 Å². The average Bonchev–Trinajstić information content (AvgIpc) is 3.24. The molecule has 2 unspecified atom stereocenters. The van der Waals surface area contributed by atoms with Crippen molar-refractivity contribution in [2.24, 2.45) is 0 Å². The number of nitrogens with zero attached hydrogens (tertiary/aromatic N) is 3. The molecule has 3 rings (SSSR count). The second-order valence-corrected chi connectivity index (χ2v) is 5.78. The van der Waals surface area contributed by atoms with Crippen LogP contribution in [0.3, 0.4) is 0 Å². The van der Waals surface area contributed by atoms with Crippen molar-refractivity contribution >= 4 is 36.7 Å². The van der Waals surface area contributed by atoms with Gasteiger partial charge in [-0.05, 0) is 25.0 Å². The fraction of sp³-hybridized carbons (Fsp3) is 0.500. The topological polar surface area (TPSA) is 95.3 Å². The Morgan fingerprint density at radius 2 is 2.20 bits per heavy atom. The summed E-state index contributed by atoms with van der Waals surface area (Å²) in [5.74, 6) is -0.511. The van der Waals surface area contributed by atoms with Gasteiger partial charge in [0, 0.05) is 31.9 Å². The van der Waals surface area contributed by atoms with E-state index in [1.807, 2.05) is 0 Å². The van der Waals surface area contributed by atoms with Gasteiger partial charge in [0.25, 0.3) is 0 Å². The molecule has 0 saturated carbocycles. The molecule has 1 aromatic rings. The highest BCUT2D eigenvalue weighted by atomic mass is 35.5. The van der Waals surface area contributed by atoms with Crippen LogP contribution in [-0.2, 0) is 9.53 Å². The number of hydrogen-bond donors (Lipinski definition) is 1. The highest BCUT2D eigenvalue weighted by molar-refractivity contribution is 5.89. The lowest BCUT2D eigenvalue weighted by Crippen LogP contribution is -2.45. The number of esters is 1. The van der Waals surface area contributed by atoms with Crippen molar-refractivity contribution in [1.82, 2.24) is 15.2 Å². The lowest BCUT2D eigenvalue weighted by Gasteiger charge is -2.23. The first-order chi connectivity index (χ1) is 11.2. The number of halogens is 2. The molecule has 2 aliphatic heterocycles. The van der Waals surface area contributed by atoms with Crippen LogP contribution in [0.1, 0.15) is 29.6 Å². The molecule has 2 fully saturated rings. The first-order valence-corrected chi connectivity index (χ1v) is 7.73. The minimum Gasteiger partial charge on any atom is -0.457 e. The number of rotatable bonds is 3. The van der Waals surface area contributed by atoms with Crippen LogP contribution < -0.4 is 5.32 Å². The highest BCUT2D eigenvalue weighted by Crippen LogP contribution is 2.21. The second kappa shape index (κ2) is 9.56. The van der Waals surface area contributed by atoms with Gasteiger partial charge >= 0.3 is 5.97 Å². The molecule has 1 N–H and O–H groups in total. The summed E-state index contributed by atoms with van der Waals surface area (Å²) in [7, 11) is 0. The highest BCUT2D eigenvalue weighted by Gasteiger charge is 2.38. The summed E-state index contributed by atoms with van der Waals surface area (Å²) in [4.78, 5) is 30.0. The van der Waals surface area contributed by atoms with Gasteiger partial charge in [-0.3, -0.25) is 9.78 Å². The van der Waals surface area contributed by atoms with Gasteiger partial charge in [-0.1, -0.05) is 0 Å². The Hall–Kier alpha value is -1.88. The molecular formula is C16H20Cl2N4O3. The number of carbonyl (C=O) groups excluding carboxylic acids is 2. The largest absolute Gasteiger partial charge is 0.457 e. The normalized spacial score (nSPS) is 24.6. The number of carbonyl (C=O) groups is 2. The van der Waals surface area contributed by atoms with Crippen molar-refractivity contribution in [3.8, 4) is 6.07 Å². The minimum absolute atomic E-state index is 0. The van der Waals surface area contributed by atoms with E-state index in [2.05, 4.69) is 16.4 Å². The van der Waals surface area contributed by atoms with E-state index in [1.165, 1.54) is 6.20 Å². The number of aromatic nitrogens is 1. The second-order valence-electron chi connectivity index (χ2n) is 5.78. The van der Waals surface area contributed by atoms with Crippen molar-refractivity contribution in [1.29, 1.82) is 5.26 Å². The van der Waals surface area contributed by atoms with Crippen LogP contribution in [0, 0.1) is 11.3 Å². The van der Waals surface area contributed by atoms with Crippen LogP contribution in [0.2, 0.25) is 0 Å². The Labute approximate surface area is 158 Å². The lowest BCUT2D eigenvalue weighted by molar-refractivity contribution is -0.133. The third-order valence-corrected chi connectivity index (χ3v) is 4.24. The van der Waals surface area contributed by atoms with Crippen LogP contribution in [0.15, 0.2) is 24.5 Å². The summed E-state index contributed by atoms with van der Waals surface area (Å²) in [6, 6.07) is 4.76. The Morgan fingerprint density at radius 1 is 1.40 bits per heavy atom. The molecule has 1 aromatic heterocycles. The number of nitriles is 1. The third kappa shape index (κ3) is 4.82. The molecule has 136 valence electrons. The summed E-state index contributed by atoms with van der Waals surface area (Å²) in [5.41, 5.74) is 0.395. The van der Waals surface area contributed by atoms with E-state index in [9.17, 15) is 9.59 Å². The van der Waals surface area contributed by atoms with E-state index in [0.717, 1.165) is 12.8 Å². The van der Waals surface area contributed by atoms with Crippen molar-refractivity contribution in [2.75, 3.05) is 13.1 Å². The van der Waals surface area contributed by atoms with E-state index in [1.54, 1.807) is 23.2 Å². The molecule has 0 aromatic carbocycles. The lowest BCUT2D eigenvalue weighted by atomic mass is 10.1. The smallest absolute Gasteiger partial charge is 0.340 e. The average molecular weight is 387 g/mol. The third-order valence-electron chi connectivity index (χ3n) is 4.24. The molecule has 25 heavy (non-hydrogen) atoms. The fourth-order valence-corrected chi connectivity index (χ4v) is 3.05. The van der Waals surface area contributed by atoms with Gasteiger partial charge < -0.3 is 15.0 Å². The molecule has 0 spiro atoms. The molecule has 0 bridgehead atoms. The molecule has 3 atom stereocenters. The summed E-state index contributed by atoms with van der Waals surface area (Å²) >= 11 is 0. The maximum Gasteiger partial charge on any atom is 0.340 e. The molecule has 2 saturated heterocycles. The fourth-order valence-electron chi connectivity index (χ4n) is 3.05. The van der Waals surface area contributed by atoms with Gasteiger partial charge in [0.2, 0.25) is 5.91 Å². The number of ether oxygens (including phenoxy) is 1. The van der Waals surface area contributed by atoms with Gasteiger partial charge in [-0.15, -0.1) is 24.8 Å². The van der Waals surface area contributed by atoms with E-state index in [0.29, 0.717) is 25.1 Å². The molecule has 0 aliphatic carbocycles. The minimum atomic E-state index is -0.436. The van der Waals surface area contributed by atoms with Gasteiger partial charge in [-0.25, -0.2) is 4.79 Å². The first-order valence-electron chi connectivity index (χ1n) is 7.73. The van der Waals surface area contributed by atoms with Crippen LogP contribution in [-0.4, -0.2) is 53.0 Å². The van der Waals surface area contributed by atoms with Crippen LogP contribution in [0.5, 0.6) is 0 Å². The SMILES string of the molecule is Cl.Cl.N#C[C@@H]1CCCN1C(=O)C1CC(OC(=O)c2cccnc2)CN1. The number of nitrogens with one attached hydrogen (secondary N) is 1. The van der Waals surface area contributed by atoms with Gasteiger partial charge in [0.1, 0.15) is 12.1 Å². The maximum absolute atomic E-state index is 12.5. The van der Waals surface area contributed by atoms with Crippen LogP contribution in [0.4, 0.5) is 0 Å². The predicted molar refractivity (Wildman–Crippen MR) is 94.7 cm³/mol. The summed E-state index contributed by atoms with van der Waals surface area (Å²) in [6.45, 7) is 1.06. The summed E-state index contributed by atoms with van der Waals surface area (Å²) in [5, 5.41) is 12.2. The van der Waals surface area contributed by atoms with E-state index < -0.39 is 12.0 Å². The Kier molecular flexibility index (Phi) is 8.10. The zero-order valence-corrected chi connectivity index (χ0v) is 15.1. The van der Waals surface area contributed by atoms with Gasteiger partial charge in [0.05, 0.1) is 17.7 Å². The van der Waals surface area contributed by atoms with Crippen LogP contribution in [0.25, 0.3) is 0 Å². The molecule has 7 nitrogen and oxygen atoms in total. The van der Waals surface area contributed by atoms with Crippen molar-refractivity contribution in [2.45, 2.75) is 37.5 Å². The van der Waals surface area contributed by atoms with Crippen LogP contribution >= 0.6 is 24.8 Å². The molecule has 1 amide bonds. The molecule has 0 radical (unpaired) electrons. The first kappa shape index (κ1) is 21.2. The predicted octanol–water partition coefficient (Wildman–Crippen LogP) is 1.33. The van der Waals surface area contributed by atoms with Gasteiger partial charge in [-0.2, -0.15) is 5.26 Å². The Bertz CT molecular complexity index is 638. The standard InChI is InChI=1S/C16H18N4O3.2ClH/c17-8-12-4-2-6-20(12)15(21)14-7-13(10-19-14)23-16(22)11-3-1-5-18-9-11;;/h1,3,5,9,12-14,19H,2,4,6-7,10H2;2*1H/t12-,13?,14?;;/m0../s1. The van der Waals surface area contributed by atoms with Crippen molar-refractivity contribution in [3.05, 3.63) is 30.1 Å². The summed E-state index contributed by atoms with van der Waals surface area (Å²) < 4.78 is 5.42. The molecule has 3 heterocycles.